The topological polar surface area (TPSA) is 67.4 Å². The Labute approximate surface area is 143 Å². The summed E-state index contributed by atoms with van der Waals surface area (Å²) in [5, 5.41) is 5.97. The first-order chi connectivity index (χ1) is 11.7. The molecule has 2 aliphatic carbocycles. The third kappa shape index (κ3) is 4.57. The van der Waals surface area contributed by atoms with E-state index in [1.165, 1.54) is 12.8 Å². The number of carbonyl (C=O) groups excluding carboxylic acids is 2. The summed E-state index contributed by atoms with van der Waals surface area (Å²) in [6.45, 7) is 1.11. The van der Waals surface area contributed by atoms with Crippen molar-refractivity contribution in [3.63, 3.8) is 0 Å². The molecule has 1 aromatic rings. The van der Waals surface area contributed by atoms with Gasteiger partial charge in [0.1, 0.15) is 12.1 Å². The van der Waals surface area contributed by atoms with Crippen LogP contribution in [0.5, 0.6) is 0 Å². The largest absolute Gasteiger partial charge is 0.367 e. The van der Waals surface area contributed by atoms with Crippen molar-refractivity contribution in [3.8, 4) is 0 Å². The molecule has 0 aliphatic heterocycles. The summed E-state index contributed by atoms with van der Waals surface area (Å²) in [6.07, 6.45) is 5.78. The van der Waals surface area contributed by atoms with Crippen molar-refractivity contribution in [1.29, 1.82) is 0 Å². The fourth-order valence-electron chi connectivity index (χ4n) is 3.25. The Morgan fingerprint density at radius 2 is 1.83 bits per heavy atom. The van der Waals surface area contributed by atoms with Gasteiger partial charge in [0.15, 0.2) is 0 Å². The molecule has 0 bridgehead atoms. The van der Waals surface area contributed by atoms with Gasteiger partial charge in [0.25, 0.3) is 0 Å². The number of amides is 2. The Balaban J connectivity index is 1.47. The van der Waals surface area contributed by atoms with E-state index in [0.29, 0.717) is 25.4 Å². The third-order valence-electron chi connectivity index (χ3n) is 4.86. The molecule has 3 rings (SSSR count). The minimum absolute atomic E-state index is 0.0213. The van der Waals surface area contributed by atoms with Crippen molar-refractivity contribution in [2.45, 2.75) is 50.7 Å². The molecule has 5 nitrogen and oxygen atoms in total. The molecule has 0 radical (unpaired) electrons. The van der Waals surface area contributed by atoms with Crippen LogP contribution in [0.4, 0.5) is 0 Å². The van der Waals surface area contributed by atoms with Gasteiger partial charge in [0.05, 0.1) is 6.61 Å². The summed E-state index contributed by atoms with van der Waals surface area (Å²) in [5.41, 5.74) is 0.297. The van der Waals surface area contributed by atoms with Gasteiger partial charge in [-0.25, -0.2) is 0 Å². The SMILES string of the molecule is O=C(COCc1ccccc1)NC1(C(=O)NCC2CC2)CCCC1. The zero-order chi connectivity index (χ0) is 16.8. The number of hydrogen-bond acceptors (Lipinski definition) is 3. The van der Waals surface area contributed by atoms with Crippen LogP contribution < -0.4 is 10.6 Å². The van der Waals surface area contributed by atoms with Gasteiger partial charge < -0.3 is 15.4 Å². The summed E-state index contributed by atoms with van der Waals surface area (Å²) in [4.78, 5) is 24.8. The highest BCUT2D eigenvalue weighted by molar-refractivity contribution is 5.92. The molecule has 0 unspecified atom stereocenters. The van der Waals surface area contributed by atoms with E-state index in [1.54, 1.807) is 0 Å². The highest BCUT2D eigenvalue weighted by Crippen LogP contribution is 2.31. The molecule has 2 saturated carbocycles. The Morgan fingerprint density at radius 1 is 1.12 bits per heavy atom. The molecule has 130 valence electrons. The smallest absolute Gasteiger partial charge is 0.246 e. The van der Waals surface area contributed by atoms with Crippen molar-refractivity contribution >= 4 is 11.8 Å². The maximum Gasteiger partial charge on any atom is 0.246 e. The van der Waals surface area contributed by atoms with E-state index >= 15 is 0 Å². The van der Waals surface area contributed by atoms with Gasteiger partial charge in [-0.2, -0.15) is 0 Å². The summed E-state index contributed by atoms with van der Waals surface area (Å²) >= 11 is 0. The first kappa shape index (κ1) is 17.0. The number of benzene rings is 1. The van der Waals surface area contributed by atoms with E-state index in [9.17, 15) is 9.59 Å². The van der Waals surface area contributed by atoms with Gasteiger partial charge in [-0.05, 0) is 37.2 Å². The number of carbonyl (C=O) groups is 2. The first-order valence-electron chi connectivity index (χ1n) is 8.89. The molecule has 5 heteroatoms. The van der Waals surface area contributed by atoms with Crippen LogP contribution in [-0.4, -0.2) is 30.5 Å². The molecular formula is C19H26N2O3. The van der Waals surface area contributed by atoms with Gasteiger partial charge in [0.2, 0.25) is 11.8 Å². The zero-order valence-electron chi connectivity index (χ0n) is 14.1. The fraction of sp³-hybridized carbons (Fsp3) is 0.579. The zero-order valence-corrected chi connectivity index (χ0v) is 14.1. The van der Waals surface area contributed by atoms with Crippen LogP contribution in [-0.2, 0) is 20.9 Å². The van der Waals surface area contributed by atoms with E-state index in [4.69, 9.17) is 4.74 Å². The average Bonchev–Trinajstić information content (AvgIpc) is 3.31. The monoisotopic (exact) mass is 330 g/mol. The Morgan fingerprint density at radius 3 is 2.50 bits per heavy atom. The Hall–Kier alpha value is -1.88. The molecular weight excluding hydrogens is 304 g/mol. The minimum atomic E-state index is -0.734. The summed E-state index contributed by atoms with van der Waals surface area (Å²) in [7, 11) is 0. The van der Waals surface area contributed by atoms with E-state index in [0.717, 1.165) is 24.9 Å². The van der Waals surface area contributed by atoms with Crippen LogP contribution >= 0.6 is 0 Å². The van der Waals surface area contributed by atoms with E-state index in [1.807, 2.05) is 30.3 Å². The lowest BCUT2D eigenvalue weighted by Crippen LogP contribution is -2.58. The quantitative estimate of drug-likeness (QED) is 0.767. The molecule has 2 aliphatic rings. The standard InChI is InChI=1S/C19H26N2O3/c22-17(14-24-13-16-6-2-1-3-7-16)21-19(10-4-5-11-19)18(23)20-12-15-8-9-15/h1-3,6-7,15H,4-5,8-14H2,(H,20,23)(H,21,22). The van der Waals surface area contributed by atoms with Crippen molar-refractivity contribution in [2.24, 2.45) is 5.92 Å². The van der Waals surface area contributed by atoms with Crippen molar-refractivity contribution in [1.82, 2.24) is 10.6 Å². The molecule has 0 aromatic heterocycles. The predicted octanol–water partition coefficient (Wildman–Crippen LogP) is 2.16. The van der Waals surface area contributed by atoms with E-state index in [-0.39, 0.29) is 18.4 Å². The van der Waals surface area contributed by atoms with E-state index in [2.05, 4.69) is 10.6 Å². The molecule has 0 spiro atoms. The van der Waals surface area contributed by atoms with Crippen molar-refractivity contribution in [2.75, 3.05) is 13.2 Å². The second kappa shape index (κ2) is 7.79. The van der Waals surface area contributed by atoms with Crippen LogP contribution in [0.25, 0.3) is 0 Å². The van der Waals surface area contributed by atoms with Crippen LogP contribution in [0, 0.1) is 5.92 Å². The van der Waals surface area contributed by atoms with Crippen molar-refractivity contribution < 1.29 is 14.3 Å². The second-order valence-corrected chi connectivity index (χ2v) is 6.97. The van der Waals surface area contributed by atoms with Crippen LogP contribution in [0.2, 0.25) is 0 Å². The Bertz CT molecular complexity index is 563. The second-order valence-electron chi connectivity index (χ2n) is 6.97. The van der Waals surface area contributed by atoms with E-state index < -0.39 is 5.54 Å². The average molecular weight is 330 g/mol. The number of ether oxygens (including phenoxy) is 1. The molecule has 1 aromatic carbocycles. The van der Waals surface area contributed by atoms with Gasteiger partial charge >= 0.3 is 0 Å². The normalized spacial score (nSPS) is 19.0. The Kier molecular flexibility index (Phi) is 5.51. The summed E-state index contributed by atoms with van der Waals surface area (Å²) in [5.74, 6) is 0.398. The summed E-state index contributed by atoms with van der Waals surface area (Å²) < 4.78 is 5.48. The molecule has 0 atom stereocenters. The predicted molar refractivity (Wildman–Crippen MR) is 91.2 cm³/mol. The molecule has 2 N–H and O–H groups in total. The molecule has 24 heavy (non-hydrogen) atoms. The summed E-state index contributed by atoms with van der Waals surface area (Å²) in [6, 6.07) is 9.75. The first-order valence-corrected chi connectivity index (χ1v) is 8.89. The maximum absolute atomic E-state index is 12.6. The highest BCUT2D eigenvalue weighted by Gasteiger charge is 2.42. The molecule has 2 fully saturated rings. The van der Waals surface area contributed by atoms with Gasteiger partial charge in [0, 0.05) is 6.54 Å². The van der Waals surface area contributed by atoms with Crippen molar-refractivity contribution in [3.05, 3.63) is 35.9 Å². The molecule has 0 heterocycles. The number of nitrogens with one attached hydrogen (secondary N) is 2. The van der Waals surface area contributed by atoms with Gasteiger partial charge in [-0.1, -0.05) is 43.2 Å². The third-order valence-corrected chi connectivity index (χ3v) is 4.86. The van der Waals surface area contributed by atoms with Crippen LogP contribution in [0.15, 0.2) is 30.3 Å². The number of rotatable bonds is 8. The van der Waals surface area contributed by atoms with Gasteiger partial charge in [-0.3, -0.25) is 9.59 Å². The van der Waals surface area contributed by atoms with Crippen LogP contribution in [0.1, 0.15) is 44.1 Å². The number of hydrogen-bond donors (Lipinski definition) is 2. The molecule has 0 saturated heterocycles. The lowest BCUT2D eigenvalue weighted by atomic mass is 9.96. The van der Waals surface area contributed by atoms with Gasteiger partial charge in [-0.15, -0.1) is 0 Å². The fourth-order valence-corrected chi connectivity index (χ4v) is 3.25. The minimum Gasteiger partial charge on any atom is -0.367 e. The maximum atomic E-state index is 12.6. The lowest BCUT2D eigenvalue weighted by Gasteiger charge is -2.29. The molecule has 2 amide bonds. The highest BCUT2D eigenvalue weighted by atomic mass is 16.5. The van der Waals surface area contributed by atoms with Crippen LogP contribution in [0.3, 0.4) is 0 Å². The lowest BCUT2D eigenvalue weighted by molar-refractivity contribution is -0.135.